The van der Waals surface area contributed by atoms with Crippen LogP contribution in [0.3, 0.4) is 0 Å². The normalized spacial score (nSPS) is 27.8. The lowest BCUT2D eigenvalue weighted by molar-refractivity contribution is -0.136. The molecule has 2 fully saturated rings. The third kappa shape index (κ3) is 4.43. The van der Waals surface area contributed by atoms with Gasteiger partial charge in [-0.25, -0.2) is 13.1 Å². The Morgan fingerprint density at radius 1 is 1.30 bits per heavy atom. The maximum Gasteiger partial charge on any atom is 0.239 e. The van der Waals surface area contributed by atoms with Crippen LogP contribution >= 0.6 is 0 Å². The number of piperidine rings is 1. The van der Waals surface area contributed by atoms with Crippen molar-refractivity contribution >= 4 is 15.9 Å². The minimum absolute atomic E-state index is 0.0292. The summed E-state index contributed by atoms with van der Waals surface area (Å²) in [6.07, 6.45) is 6.99. The Balaban J connectivity index is 1.89. The van der Waals surface area contributed by atoms with Gasteiger partial charge in [-0.2, -0.15) is 0 Å². The van der Waals surface area contributed by atoms with Crippen LogP contribution < -0.4 is 10.0 Å². The Labute approximate surface area is 121 Å². The minimum atomic E-state index is -3.14. The second-order valence-corrected chi connectivity index (χ2v) is 7.62. The summed E-state index contributed by atoms with van der Waals surface area (Å²) in [5, 5.41) is 3.25. The average molecular weight is 303 g/mol. The molecule has 6 nitrogen and oxygen atoms in total. The molecule has 2 N–H and O–H groups in total. The highest BCUT2D eigenvalue weighted by molar-refractivity contribution is 7.88. The first-order valence-corrected chi connectivity index (χ1v) is 9.35. The van der Waals surface area contributed by atoms with Crippen LogP contribution in [0.25, 0.3) is 0 Å². The molecular weight excluding hydrogens is 278 g/mol. The van der Waals surface area contributed by atoms with Gasteiger partial charge in [-0.1, -0.05) is 0 Å². The van der Waals surface area contributed by atoms with Gasteiger partial charge < -0.3 is 10.2 Å². The monoisotopic (exact) mass is 303 g/mol. The third-order valence-electron chi connectivity index (χ3n) is 4.11. The number of hydrogen-bond donors (Lipinski definition) is 2. The predicted molar refractivity (Wildman–Crippen MR) is 77.8 cm³/mol. The first-order chi connectivity index (χ1) is 9.47. The first kappa shape index (κ1) is 15.7. The van der Waals surface area contributed by atoms with E-state index in [2.05, 4.69) is 10.0 Å². The Morgan fingerprint density at radius 2 is 2.10 bits per heavy atom. The highest BCUT2D eigenvalue weighted by atomic mass is 32.2. The van der Waals surface area contributed by atoms with Gasteiger partial charge in [0.25, 0.3) is 0 Å². The number of carbonyl (C=O) groups is 1. The number of hydrogen-bond acceptors (Lipinski definition) is 4. The molecule has 0 aromatic rings. The minimum Gasteiger partial charge on any atom is -0.338 e. The highest BCUT2D eigenvalue weighted by Gasteiger charge is 2.32. The SMILES string of the molecule is CS(=O)(=O)NCCC1CCCCN1C(=O)[C@@H]1CCCN1. The molecule has 2 atom stereocenters. The largest absolute Gasteiger partial charge is 0.338 e. The number of sulfonamides is 1. The van der Waals surface area contributed by atoms with E-state index in [0.29, 0.717) is 13.0 Å². The van der Waals surface area contributed by atoms with E-state index < -0.39 is 10.0 Å². The zero-order valence-electron chi connectivity index (χ0n) is 12.1. The molecule has 116 valence electrons. The number of amides is 1. The summed E-state index contributed by atoms with van der Waals surface area (Å²) in [5.74, 6) is 0.201. The molecule has 2 aliphatic heterocycles. The smallest absolute Gasteiger partial charge is 0.239 e. The summed E-state index contributed by atoms with van der Waals surface area (Å²) in [5.41, 5.74) is 0. The van der Waals surface area contributed by atoms with E-state index >= 15 is 0 Å². The number of likely N-dealkylation sites (tertiary alicyclic amines) is 1. The van der Waals surface area contributed by atoms with E-state index in [1.54, 1.807) is 0 Å². The molecule has 20 heavy (non-hydrogen) atoms. The topological polar surface area (TPSA) is 78.5 Å². The molecular formula is C13H25N3O3S. The van der Waals surface area contributed by atoms with Crippen molar-refractivity contribution in [1.29, 1.82) is 0 Å². The second-order valence-electron chi connectivity index (χ2n) is 5.79. The Bertz CT molecular complexity index is 432. The van der Waals surface area contributed by atoms with Crippen LogP contribution in [-0.2, 0) is 14.8 Å². The molecule has 0 spiro atoms. The zero-order chi connectivity index (χ0) is 14.6. The number of carbonyl (C=O) groups excluding carboxylic acids is 1. The maximum absolute atomic E-state index is 12.5. The highest BCUT2D eigenvalue weighted by Crippen LogP contribution is 2.22. The van der Waals surface area contributed by atoms with Crippen molar-refractivity contribution < 1.29 is 13.2 Å². The molecule has 0 saturated carbocycles. The lowest BCUT2D eigenvalue weighted by Crippen LogP contribution is -2.51. The van der Waals surface area contributed by atoms with Crippen molar-refractivity contribution in [2.45, 2.75) is 50.6 Å². The fraction of sp³-hybridized carbons (Fsp3) is 0.923. The van der Waals surface area contributed by atoms with Gasteiger partial charge in [0.15, 0.2) is 0 Å². The molecule has 2 rings (SSSR count). The zero-order valence-corrected chi connectivity index (χ0v) is 12.9. The van der Waals surface area contributed by atoms with E-state index in [-0.39, 0.29) is 18.0 Å². The van der Waals surface area contributed by atoms with Gasteiger partial charge in [-0.15, -0.1) is 0 Å². The van der Waals surface area contributed by atoms with Crippen LogP contribution in [-0.4, -0.2) is 57.2 Å². The lowest BCUT2D eigenvalue weighted by Gasteiger charge is -2.37. The molecule has 0 aromatic carbocycles. The summed E-state index contributed by atoms with van der Waals surface area (Å²) < 4.78 is 24.7. The maximum atomic E-state index is 12.5. The van der Waals surface area contributed by atoms with Gasteiger partial charge >= 0.3 is 0 Å². The molecule has 0 aliphatic carbocycles. The quantitative estimate of drug-likeness (QED) is 0.753. The van der Waals surface area contributed by atoms with E-state index in [1.807, 2.05) is 4.90 Å². The predicted octanol–water partition coefficient (Wildman–Crippen LogP) is 0.0588. The fourth-order valence-electron chi connectivity index (χ4n) is 3.10. The summed E-state index contributed by atoms with van der Waals surface area (Å²) in [4.78, 5) is 14.5. The first-order valence-electron chi connectivity index (χ1n) is 7.46. The Kier molecular flexibility index (Phi) is 5.40. The second kappa shape index (κ2) is 6.87. The number of rotatable bonds is 5. The van der Waals surface area contributed by atoms with Crippen LogP contribution in [0.5, 0.6) is 0 Å². The van der Waals surface area contributed by atoms with Crippen LogP contribution in [0.15, 0.2) is 0 Å². The Hall–Kier alpha value is -0.660. The van der Waals surface area contributed by atoms with Crippen molar-refractivity contribution in [2.24, 2.45) is 0 Å². The summed E-state index contributed by atoms with van der Waals surface area (Å²) in [6.45, 7) is 2.14. The molecule has 2 saturated heterocycles. The van der Waals surface area contributed by atoms with Gasteiger partial charge in [0.1, 0.15) is 0 Å². The Morgan fingerprint density at radius 3 is 2.75 bits per heavy atom. The van der Waals surface area contributed by atoms with Crippen LogP contribution in [0.2, 0.25) is 0 Å². The number of nitrogens with one attached hydrogen (secondary N) is 2. The molecule has 1 amide bonds. The number of nitrogens with zero attached hydrogens (tertiary/aromatic N) is 1. The van der Waals surface area contributed by atoms with Gasteiger partial charge in [-0.3, -0.25) is 4.79 Å². The van der Waals surface area contributed by atoms with Gasteiger partial charge in [0, 0.05) is 19.1 Å². The van der Waals surface area contributed by atoms with Crippen LogP contribution in [0, 0.1) is 0 Å². The average Bonchev–Trinajstić information content (AvgIpc) is 2.91. The molecule has 0 aromatic heterocycles. The third-order valence-corrected chi connectivity index (χ3v) is 4.84. The van der Waals surface area contributed by atoms with Crippen molar-refractivity contribution in [2.75, 3.05) is 25.9 Å². The molecule has 7 heteroatoms. The summed E-state index contributed by atoms with van der Waals surface area (Å²) >= 11 is 0. The van der Waals surface area contributed by atoms with E-state index in [9.17, 15) is 13.2 Å². The van der Waals surface area contributed by atoms with E-state index in [4.69, 9.17) is 0 Å². The molecule has 2 heterocycles. The van der Waals surface area contributed by atoms with E-state index in [1.165, 1.54) is 6.26 Å². The van der Waals surface area contributed by atoms with Gasteiger partial charge in [-0.05, 0) is 45.1 Å². The van der Waals surface area contributed by atoms with Crippen LogP contribution in [0.4, 0.5) is 0 Å². The van der Waals surface area contributed by atoms with E-state index in [0.717, 1.165) is 45.2 Å². The molecule has 2 aliphatic rings. The van der Waals surface area contributed by atoms with Crippen molar-refractivity contribution in [3.05, 3.63) is 0 Å². The summed E-state index contributed by atoms with van der Waals surface area (Å²) in [7, 11) is -3.14. The van der Waals surface area contributed by atoms with Crippen molar-refractivity contribution in [3.8, 4) is 0 Å². The van der Waals surface area contributed by atoms with Gasteiger partial charge in [0.05, 0.1) is 12.3 Å². The molecule has 0 bridgehead atoms. The van der Waals surface area contributed by atoms with Crippen molar-refractivity contribution in [3.63, 3.8) is 0 Å². The molecule has 1 unspecified atom stereocenters. The van der Waals surface area contributed by atoms with Gasteiger partial charge in [0.2, 0.25) is 15.9 Å². The fourth-order valence-corrected chi connectivity index (χ4v) is 3.59. The summed E-state index contributed by atoms with van der Waals surface area (Å²) in [6, 6.07) is 0.145. The van der Waals surface area contributed by atoms with Crippen molar-refractivity contribution in [1.82, 2.24) is 14.9 Å². The lowest BCUT2D eigenvalue weighted by atomic mass is 9.98. The van der Waals surface area contributed by atoms with Crippen LogP contribution in [0.1, 0.15) is 38.5 Å². The standard InChI is InChI=1S/C13H25N3O3S/c1-20(18,19)15-9-7-11-5-2-3-10-16(11)13(17)12-6-4-8-14-12/h11-12,14-15H,2-10H2,1H3/t11?,12-/m0/s1. The molecule has 0 radical (unpaired) electrons.